The van der Waals surface area contributed by atoms with Gasteiger partial charge in [0.2, 0.25) is 0 Å². The van der Waals surface area contributed by atoms with E-state index >= 15 is 0 Å². The second-order valence-electron chi connectivity index (χ2n) is 4.00. The summed E-state index contributed by atoms with van der Waals surface area (Å²) in [5, 5.41) is 0. The Bertz CT molecular complexity index is 183. The molecule has 1 aliphatic carbocycles. The summed E-state index contributed by atoms with van der Waals surface area (Å²) >= 11 is 0. The van der Waals surface area contributed by atoms with Crippen LogP contribution in [0.4, 0.5) is 0 Å². The first-order valence-electron chi connectivity index (χ1n) is 4.97. The minimum atomic E-state index is -0.396. The highest BCUT2D eigenvalue weighted by Crippen LogP contribution is 2.39. The lowest BCUT2D eigenvalue weighted by molar-refractivity contribution is -0.156. The predicted molar refractivity (Wildman–Crippen MR) is 51.2 cm³/mol. The Morgan fingerprint density at radius 1 is 1.38 bits per heavy atom. The molecule has 13 heavy (non-hydrogen) atoms. The zero-order chi connectivity index (χ0) is 9.90. The molecule has 1 fully saturated rings. The van der Waals surface area contributed by atoms with Gasteiger partial charge in [0.1, 0.15) is 0 Å². The number of rotatable bonds is 2. The van der Waals surface area contributed by atoms with Crippen molar-refractivity contribution in [2.24, 2.45) is 11.1 Å². The fourth-order valence-electron chi connectivity index (χ4n) is 2.23. The molecule has 2 N–H and O–H groups in total. The third-order valence-corrected chi connectivity index (χ3v) is 3.21. The molecule has 0 bridgehead atoms. The molecule has 76 valence electrons. The van der Waals surface area contributed by atoms with Crippen molar-refractivity contribution in [2.45, 2.75) is 45.1 Å². The molecular weight excluding hydrogens is 166 g/mol. The van der Waals surface area contributed by atoms with Crippen molar-refractivity contribution in [3.05, 3.63) is 0 Å². The molecule has 0 spiro atoms. The Labute approximate surface area is 79.6 Å². The van der Waals surface area contributed by atoms with Crippen molar-refractivity contribution >= 4 is 5.97 Å². The maximum absolute atomic E-state index is 11.6. The molecule has 1 rings (SSSR count). The Hall–Kier alpha value is -0.570. The Balaban J connectivity index is 2.79. The molecule has 3 heteroatoms. The maximum atomic E-state index is 11.6. The van der Waals surface area contributed by atoms with Gasteiger partial charge < -0.3 is 10.5 Å². The third kappa shape index (κ3) is 1.85. The van der Waals surface area contributed by atoms with Crippen LogP contribution in [-0.4, -0.2) is 19.1 Å². The van der Waals surface area contributed by atoms with Gasteiger partial charge in [0.05, 0.1) is 12.5 Å². The molecular formula is C10H19NO2. The van der Waals surface area contributed by atoms with Crippen molar-refractivity contribution in [3.8, 4) is 0 Å². The Morgan fingerprint density at radius 2 is 1.92 bits per heavy atom. The van der Waals surface area contributed by atoms with E-state index in [2.05, 4.69) is 0 Å². The molecule has 1 unspecified atom stereocenters. The molecule has 0 amide bonds. The van der Waals surface area contributed by atoms with Crippen LogP contribution >= 0.6 is 0 Å². The summed E-state index contributed by atoms with van der Waals surface area (Å²) < 4.78 is 4.84. The van der Waals surface area contributed by atoms with Crippen molar-refractivity contribution < 1.29 is 9.53 Å². The van der Waals surface area contributed by atoms with Gasteiger partial charge in [-0.3, -0.25) is 4.79 Å². The summed E-state index contributed by atoms with van der Waals surface area (Å²) in [4.78, 5) is 11.6. The molecule has 0 aromatic carbocycles. The summed E-state index contributed by atoms with van der Waals surface area (Å²) in [5.74, 6) is -0.123. The molecule has 1 atom stereocenters. The van der Waals surface area contributed by atoms with Gasteiger partial charge in [-0.1, -0.05) is 19.3 Å². The van der Waals surface area contributed by atoms with E-state index in [1.807, 2.05) is 6.92 Å². The maximum Gasteiger partial charge on any atom is 0.313 e. The van der Waals surface area contributed by atoms with Gasteiger partial charge in [0, 0.05) is 6.04 Å². The second kappa shape index (κ2) is 4.09. The van der Waals surface area contributed by atoms with Crippen molar-refractivity contribution in [2.75, 3.05) is 7.11 Å². The van der Waals surface area contributed by atoms with Crippen molar-refractivity contribution in [1.29, 1.82) is 0 Å². The van der Waals surface area contributed by atoms with Gasteiger partial charge >= 0.3 is 5.97 Å². The molecule has 3 nitrogen and oxygen atoms in total. The van der Waals surface area contributed by atoms with Crippen LogP contribution in [0.3, 0.4) is 0 Å². The first-order valence-corrected chi connectivity index (χ1v) is 4.97. The van der Waals surface area contributed by atoms with Gasteiger partial charge in [-0.25, -0.2) is 0 Å². The minimum absolute atomic E-state index is 0.0970. The molecule has 0 heterocycles. The van der Waals surface area contributed by atoms with E-state index in [1.165, 1.54) is 13.5 Å². The number of carbonyl (C=O) groups is 1. The minimum Gasteiger partial charge on any atom is -0.469 e. The molecule has 0 aromatic rings. The predicted octanol–water partition coefficient (Wildman–Crippen LogP) is 1.46. The molecule has 1 aliphatic rings. The number of hydrogen-bond acceptors (Lipinski definition) is 3. The van der Waals surface area contributed by atoms with Crippen LogP contribution in [0.5, 0.6) is 0 Å². The summed E-state index contributed by atoms with van der Waals surface area (Å²) in [6.07, 6.45) is 5.17. The standard InChI is InChI=1S/C10H19NO2/c1-8(11)10(9(12)13-2)6-4-3-5-7-10/h8H,3-7,11H2,1-2H3. The molecule has 0 radical (unpaired) electrons. The van der Waals surface area contributed by atoms with Crippen molar-refractivity contribution in [3.63, 3.8) is 0 Å². The lowest BCUT2D eigenvalue weighted by atomic mass is 9.70. The van der Waals surface area contributed by atoms with E-state index in [9.17, 15) is 4.79 Å². The zero-order valence-electron chi connectivity index (χ0n) is 8.51. The van der Waals surface area contributed by atoms with Crippen LogP contribution in [0.1, 0.15) is 39.0 Å². The SMILES string of the molecule is COC(=O)C1(C(C)N)CCCCC1. The van der Waals surface area contributed by atoms with E-state index in [1.54, 1.807) is 0 Å². The van der Waals surface area contributed by atoms with Crippen LogP contribution in [0.25, 0.3) is 0 Å². The van der Waals surface area contributed by atoms with E-state index in [4.69, 9.17) is 10.5 Å². The van der Waals surface area contributed by atoms with Crippen LogP contribution in [0, 0.1) is 5.41 Å². The number of ether oxygens (including phenoxy) is 1. The fraction of sp³-hybridized carbons (Fsp3) is 0.900. The van der Waals surface area contributed by atoms with Gasteiger partial charge in [-0.05, 0) is 19.8 Å². The quantitative estimate of drug-likeness (QED) is 0.662. The number of methoxy groups -OCH3 is 1. The van der Waals surface area contributed by atoms with E-state index in [0.717, 1.165) is 25.7 Å². The zero-order valence-corrected chi connectivity index (χ0v) is 8.51. The molecule has 0 saturated heterocycles. The summed E-state index contributed by atoms with van der Waals surface area (Å²) in [6.45, 7) is 1.90. The average molecular weight is 185 g/mol. The highest BCUT2D eigenvalue weighted by molar-refractivity contribution is 5.77. The van der Waals surface area contributed by atoms with Crippen LogP contribution in [0.2, 0.25) is 0 Å². The summed E-state index contributed by atoms with van der Waals surface area (Å²) in [5.41, 5.74) is 5.48. The molecule has 0 aliphatic heterocycles. The first kappa shape index (κ1) is 10.5. The second-order valence-corrected chi connectivity index (χ2v) is 4.00. The largest absolute Gasteiger partial charge is 0.469 e. The van der Waals surface area contributed by atoms with Gasteiger partial charge in [-0.2, -0.15) is 0 Å². The lowest BCUT2D eigenvalue weighted by Crippen LogP contribution is -2.47. The van der Waals surface area contributed by atoms with Crippen LogP contribution in [-0.2, 0) is 9.53 Å². The van der Waals surface area contributed by atoms with Crippen LogP contribution in [0.15, 0.2) is 0 Å². The number of hydrogen-bond donors (Lipinski definition) is 1. The normalized spacial score (nSPS) is 23.6. The summed E-state index contributed by atoms with van der Waals surface area (Å²) in [6, 6.07) is -0.0970. The van der Waals surface area contributed by atoms with E-state index in [-0.39, 0.29) is 12.0 Å². The fourth-order valence-corrected chi connectivity index (χ4v) is 2.23. The third-order valence-electron chi connectivity index (χ3n) is 3.21. The van der Waals surface area contributed by atoms with Crippen LogP contribution < -0.4 is 5.73 Å². The first-order chi connectivity index (χ1) is 6.13. The Morgan fingerprint density at radius 3 is 2.31 bits per heavy atom. The van der Waals surface area contributed by atoms with Gasteiger partial charge in [-0.15, -0.1) is 0 Å². The molecule has 1 saturated carbocycles. The average Bonchev–Trinajstić information content (AvgIpc) is 2.17. The lowest BCUT2D eigenvalue weighted by Gasteiger charge is -2.37. The van der Waals surface area contributed by atoms with Gasteiger partial charge in [0.25, 0.3) is 0 Å². The highest BCUT2D eigenvalue weighted by atomic mass is 16.5. The number of carbonyl (C=O) groups excluding carboxylic acids is 1. The van der Waals surface area contributed by atoms with E-state index in [0.29, 0.717) is 0 Å². The smallest absolute Gasteiger partial charge is 0.313 e. The van der Waals surface area contributed by atoms with Crippen molar-refractivity contribution in [1.82, 2.24) is 0 Å². The Kier molecular flexibility index (Phi) is 3.31. The highest BCUT2D eigenvalue weighted by Gasteiger charge is 2.43. The molecule has 0 aromatic heterocycles. The monoisotopic (exact) mass is 185 g/mol. The number of nitrogens with two attached hydrogens (primary N) is 1. The topological polar surface area (TPSA) is 52.3 Å². The van der Waals surface area contributed by atoms with Gasteiger partial charge in [0.15, 0.2) is 0 Å². The van der Waals surface area contributed by atoms with E-state index < -0.39 is 5.41 Å². The number of esters is 1. The summed E-state index contributed by atoms with van der Waals surface area (Å²) in [7, 11) is 1.45.